The van der Waals surface area contributed by atoms with E-state index in [1.807, 2.05) is 54.6 Å². The predicted octanol–water partition coefficient (Wildman–Crippen LogP) is 4.01. The summed E-state index contributed by atoms with van der Waals surface area (Å²) in [5, 5.41) is 13.6. The molecule has 0 fully saturated rings. The fourth-order valence-corrected chi connectivity index (χ4v) is 2.80. The molecule has 3 rings (SSSR count). The number of benzene rings is 3. The molecule has 7 nitrogen and oxygen atoms in total. The number of amides is 1. The number of non-ortho nitro benzene ring substituents is 1. The number of nitrogens with zero attached hydrogens (tertiary/aromatic N) is 1. The largest absolute Gasteiger partial charge is 0.484 e. The van der Waals surface area contributed by atoms with E-state index in [4.69, 9.17) is 9.47 Å². The molecule has 0 atom stereocenters. The second-order valence-electron chi connectivity index (χ2n) is 6.57. The number of hydrogen-bond donors (Lipinski definition) is 1. The van der Waals surface area contributed by atoms with Crippen LogP contribution in [0.25, 0.3) is 0 Å². The van der Waals surface area contributed by atoms with Crippen molar-refractivity contribution in [3.05, 3.63) is 106 Å². The van der Waals surface area contributed by atoms with Crippen LogP contribution in [0, 0.1) is 10.1 Å². The van der Waals surface area contributed by atoms with Gasteiger partial charge in [0.1, 0.15) is 5.75 Å². The van der Waals surface area contributed by atoms with Gasteiger partial charge in [0, 0.05) is 12.6 Å². The van der Waals surface area contributed by atoms with Crippen LogP contribution in [0.4, 0.5) is 5.69 Å². The summed E-state index contributed by atoms with van der Waals surface area (Å²) in [6.07, 6.45) is 0. The van der Waals surface area contributed by atoms with Crippen molar-refractivity contribution >= 4 is 11.6 Å². The van der Waals surface area contributed by atoms with E-state index in [1.54, 1.807) is 6.07 Å². The van der Waals surface area contributed by atoms with Gasteiger partial charge in [-0.15, -0.1) is 0 Å². The molecule has 30 heavy (non-hydrogen) atoms. The topological polar surface area (TPSA) is 90.7 Å². The van der Waals surface area contributed by atoms with Crippen LogP contribution >= 0.6 is 0 Å². The standard InChI is InChI=1S/C23H22N2O5/c26-23(17-30-22-12-6-11-21(13-22)25(27)28)24-14-19-9-4-5-10-20(19)16-29-15-18-7-2-1-3-8-18/h1-13H,14-17H2,(H,24,26). The maximum absolute atomic E-state index is 12.1. The summed E-state index contributed by atoms with van der Waals surface area (Å²) >= 11 is 0. The lowest BCUT2D eigenvalue weighted by molar-refractivity contribution is -0.384. The molecule has 0 saturated heterocycles. The highest BCUT2D eigenvalue weighted by molar-refractivity contribution is 5.77. The summed E-state index contributed by atoms with van der Waals surface area (Å²) in [4.78, 5) is 22.4. The third kappa shape index (κ3) is 6.42. The van der Waals surface area contributed by atoms with Gasteiger partial charge < -0.3 is 14.8 Å². The van der Waals surface area contributed by atoms with Crippen molar-refractivity contribution in [3.63, 3.8) is 0 Å². The van der Waals surface area contributed by atoms with E-state index in [1.165, 1.54) is 18.2 Å². The van der Waals surface area contributed by atoms with Gasteiger partial charge in [-0.05, 0) is 22.8 Å². The van der Waals surface area contributed by atoms with Crippen molar-refractivity contribution in [2.45, 2.75) is 19.8 Å². The first kappa shape index (κ1) is 21.0. The summed E-state index contributed by atoms with van der Waals surface area (Å²) in [7, 11) is 0. The van der Waals surface area contributed by atoms with E-state index in [0.29, 0.717) is 19.8 Å². The van der Waals surface area contributed by atoms with Crippen molar-refractivity contribution in [2.75, 3.05) is 6.61 Å². The Morgan fingerprint density at radius 2 is 1.63 bits per heavy atom. The average Bonchev–Trinajstić information content (AvgIpc) is 2.78. The normalized spacial score (nSPS) is 10.4. The summed E-state index contributed by atoms with van der Waals surface area (Å²) < 4.78 is 11.1. The van der Waals surface area contributed by atoms with E-state index < -0.39 is 4.92 Å². The molecule has 3 aromatic rings. The molecule has 154 valence electrons. The molecule has 0 unspecified atom stereocenters. The minimum absolute atomic E-state index is 0.0858. The molecule has 1 N–H and O–H groups in total. The molecule has 0 heterocycles. The Balaban J connectivity index is 1.47. The molecule has 1 amide bonds. The molecular formula is C23H22N2O5. The Kier molecular flexibility index (Phi) is 7.51. The Morgan fingerprint density at radius 3 is 2.40 bits per heavy atom. The second kappa shape index (κ2) is 10.7. The lowest BCUT2D eigenvalue weighted by Crippen LogP contribution is -2.28. The van der Waals surface area contributed by atoms with Crippen molar-refractivity contribution in [3.8, 4) is 5.75 Å². The Labute approximate surface area is 174 Å². The third-order valence-electron chi connectivity index (χ3n) is 4.36. The van der Waals surface area contributed by atoms with E-state index in [9.17, 15) is 14.9 Å². The number of rotatable bonds is 10. The molecule has 0 aliphatic rings. The first-order valence-electron chi connectivity index (χ1n) is 9.44. The monoisotopic (exact) mass is 406 g/mol. The van der Waals surface area contributed by atoms with Crippen LogP contribution in [-0.4, -0.2) is 17.4 Å². The predicted molar refractivity (Wildman–Crippen MR) is 112 cm³/mol. The SMILES string of the molecule is O=C(COc1cccc([N+](=O)[O-])c1)NCc1ccccc1COCc1ccccc1. The highest BCUT2D eigenvalue weighted by atomic mass is 16.6. The first-order valence-corrected chi connectivity index (χ1v) is 9.44. The molecule has 0 aliphatic heterocycles. The molecule has 0 spiro atoms. The third-order valence-corrected chi connectivity index (χ3v) is 4.36. The summed E-state index contributed by atoms with van der Waals surface area (Å²) in [6.45, 7) is 1.06. The quantitative estimate of drug-likeness (QED) is 0.406. The average molecular weight is 406 g/mol. The fraction of sp³-hybridized carbons (Fsp3) is 0.174. The number of carbonyl (C=O) groups is 1. The summed E-state index contributed by atoms with van der Waals surface area (Å²) in [6, 6.07) is 23.4. The van der Waals surface area contributed by atoms with Gasteiger partial charge in [0.2, 0.25) is 0 Å². The van der Waals surface area contributed by atoms with Crippen molar-refractivity contribution in [1.29, 1.82) is 0 Å². The zero-order valence-corrected chi connectivity index (χ0v) is 16.3. The number of nitrogens with one attached hydrogen (secondary N) is 1. The van der Waals surface area contributed by atoms with Crippen molar-refractivity contribution in [1.82, 2.24) is 5.32 Å². The highest BCUT2D eigenvalue weighted by Gasteiger charge is 2.09. The molecule has 3 aromatic carbocycles. The van der Waals surface area contributed by atoms with Crippen LogP contribution < -0.4 is 10.1 Å². The molecule has 0 aliphatic carbocycles. The zero-order valence-electron chi connectivity index (χ0n) is 16.3. The Morgan fingerprint density at radius 1 is 0.900 bits per heavy atom. The minimum Gasteiger partial charge on any atom is -0.484 e. The first-order chi connectivity index (χ1) is 14.6. The zero-order chi connectivity index (χ0) is 21.2. The van der Waals surface area contributed by atoms with Crippen LogP contribution in [-0.2, 0) is 29.3 Å². The number of ether oxygens (including phenoxy) is 2. The maximum Gasteiger partial charge on any atom is 0.273 e. The number of nitro benzene ring substituents is 1. The van der Waals surface area contributed by atoms with Crippen molar-refractivity contribution < 1.29 is 19.2 Å². The van der Waals surface area contributed by atoms with Gasteiger partial charge in [-0.25, -0.2) is 0 Å². The van der Waals surface area contributed by atoms with Gasteiger partial charge in [-0.1, -0.05) is 60.7 Å². The minimum atomic E-state index is -0.510. The highest BCUT2D eigenvalue weighted by Crippen LogP contribution is 2.19. The van der Waals surface area contributed by atoms with Crippen LogP contribution in [0.5, 0.6) is 5.75 Å². The van der Waals surface area contributed by atoms with E-state index in [2.05, 4.69) is 5.32 Å². The lowest BCUT2D eigenvalue weighted by atomic mass is 10.1. The molecular weight excluding hydrogens is 384 g/mol. The van der Waals surface area contributed by atoms with Crippen LogP contribution in [0.2, 0.25) is 0 Å². The van der Waals surface area contributed by atoms with Crippen LogP contribution in [0.1, 0.15) is 16.7 Å². The number of hydrogen-bond acceptors (Lipinski definition) is 5. The Hall–Kier alpha value is -3.71. The van der Waals surface area contributed by atoms with E-state index in [-0.39, 0.29) is 24.0 Å². The second-order valence-corrected chi connectivity index (χ2v) is 6.57. The van der Waals surface area contributed by atoms with E-state index in [0.717, 1.165) is 16.7 Å². The van der Waals surface area contributed by atoms with Gasteiger partial charge in [0.25, 0.3) is 11.6 Å². The van der Waals surface area contributed by atoms with Crippen LogP contribution in [0.3, 0.4) is 0 Å². The molecule has 0 radical (unpaired) electrons. The maximum atomic E-state index is 12.1. The van der Waals surface area contributed by atoms with Gasteiger partial charge in [-0.2, -0.15) is 0 Å². The lowest BCUT2D eigenvalue weighted by Gasteiger charge is -2.12. The molecule has 0 aromatic heterocycles. The van der Waals surface area contributed by atoms with Gasteiger partial charge in [0.05, 0.1) is 24.2 Å². The number of carbonyl (C=O) groups excluding carboxylic acids is 1. The van der Waals surface area contributed by atoms with Crippen molar-refractivity contribution in [2.24, 2.45) is 0 Å². The fourth-order valence-electron chi connectivity index (χ4n) is 2.80. The molecule has 0 saturated carbocycles. The Bertz CT molecular complexity index is 992. The number of nitro groups is 1. The van der Waals surface area contributed by atoms with Gasteiger partial charge >= 0.3 is 0 Å². The van der Waals surface area contributed by atoms with Gasteiger partial charge in [-0.3, -0.25) is 14.9 Å². The summed E-state index contributed by atoms with van der Waals surface area (Å²) in [5.41, 5.74) is 2.96. The smallest absolute Gasteiger partial charge is 0.273 e. The molecule has 7 heteroatoms. The molecule has 0 bridgehead atoms. The van der Waals surface area contributed by atoms with E-state index >= 15 is 0 Å². The van der Waals surface area contributed by atoms with Crippen LogP contribution in [0.15, 0.2) is 78.9 Å². The summed E-state index contributed by atoms with van der Waals surface area (Å²) in [5.74, 6) is -0.0458. The van der Waals surface area contributed by atoms with Gasteiger partial charge in [0.15, 0.2) is 6.61 Å².